The first-order chi connectivity index (χ1) is 7.72. The second-order valence-corrected chi connectivity index (χ2v) is 5.00. The van der Waals surface area contributed by atoms with Crippen LogP contribution in [0.25, 0.3) is 0 Å². The lowest BCUT2D eigenvalue weighted by Crippen LogP contribution is -2.47. The number of amides is 1. The molecule has 5 nitrogen and oxygen atoms in total. The molecule has 0 spiro atoms. The van der Waals surface area contributed by atoms with E-state index in [-0.39, 0.29) is 12.5 Å². The molecule has 0 fully saturated rings. The summed E-state index contributed by atoms with van der Waals surface area (Å²) in [6.07, 6.45) is 0. The highest BCUT2D eigenvalue weighted by Crippen LogP contribution is 2.19. The summed E-state index contributed by atoms with van der Waals surface area (Å²) in [5.41, 5.74) is 1.60. The lowest BCUT2D eigenvalue weighted by atomic mass is 10.0. The summed E-state index contributed by atoms with van der Waals surface area (Å²) >= 11 is 0. The van der Waals surface area contributed by atoms with E-state index >= 15 is 0 Å². The highest BCUT2D eigenvalue weighted by molar-refractivity contribution is 5.96. The van der Waals surface area contributed by atoms with Gasteiger partial charge in [-0.05, 0) is 27.7 Å². The monoisotopic (exact) mass is 239 g/mol. The summed E-state index contributed by atoms with van der Waals surface area (Å²) in [4.78, 5) is 13.9. The van der Waals surface area contributed by atoms with Gasteiger partial charge in [-0.1, -0.05) is 0 Å². The van der Waals surface area contributed by atoms with Crippen molar-refractivity contribution in [3.05, 3.63) is 17.0 Å². The zero-order valence-electron chi connectivity index (χ0n) is 11.4. The van der Waals surface area contributed by atoms with Gasteiger partial charge in [0.1, 0.15) is 0 Å². The number of likely N-dealkylation sites (N-methyl/N-ethyl adjacent to an activating group) is 1. The van der Waals surface area contributed by atoms with Crippen molar-refractivity contribution in [3.8, 4) is 0 Å². The molecule has 96 valence electrons. The number of aliphatic hydroxyl groups is 1. The highest BCUT2D eigenvalue weighted by Gasteiger charge is 2.30. The minimum atomic E-state index is -0.578. The number of aromatic nitrogens is 2. The van der Waals surface area contributed by atoms with Gasteiger partial charge >= 0.3 is 0 Å². The zero-order valence-corrected chi connectivity index (χ0v) is 11.4. The molecule has 0 aromatic carbocycles. The Labute approximate surface area is 102 Å². The summed E-state index contributed by atoms with van der Waals surface area (Å²) in [6.45, 7) is 7.26. The maximum atomic E-state index is 12.4. The van der Waals surface area contributed by atoms with E-state index in [0.717, 1.165) is 11.4 Å². The molecule has 0 saturated carbocycles. The minimum absolute atomic E-state index is 0.0758. The average molecular weight is 239 g/mol. The van der Waals surface area contributed by atoms with Crippen LogP contribution in [0.15, 0.2) is 0 Å². The van der Waals surface area contributed by atoms with Crippen LogP contribution in [0.5, 0.6) is 0 Å². The van der Waals surface area contributed by atoms with E-state index in [2.05, 4.69) is 5.10 Å². The van der Waals surface area contributed by atoms with Crippen LogP contribution < -0.4 is 0 Å². The number of rotatable bonds is 3. The molecule has 0 aliphatic heterocycles. The molecule has 1 aromatic rings. The van der Waals surface area contributed by atoms with Gasteiger partial charge in [0, 0.05) is 19.8 Å². The van der Waals surface area contributed by atoms with Crippen LogP contribution in [0.3, 0.4) is 0 Å². The third-order valence-corrected chi connectivity index (χ3v) is 3.32. The van der Waals surface area contributed by atoms with Crippen LogP contribution in [0.4, 0.5) is 0 Å². The van der Waals surface area contributed by atoms with Gasteiger partial charge in [0.15, 0.2) is 0 Å². The fraction of sp³-hybridized carbons (Fsp3) is 0.667. The van der Waals surface area contributed by atoms with Crippen molar-refractivity contribution in [2.24, 2.45) is 7.05 Å². The first-order valence-corrected chi connectivity index (χ1v) is 5.61. The molecule has 0 aliphatic rings. The van der Waals surface area contributed by atoms with Crippen LogP contribution in [0, 0.1) is 13.8 Å². The number of carbonyl (C=O) groups excluding carboxylic acids is 1. The van der Waals surface area contributed by atoms with E-state index in [1.165, 1.54) is 0 Å². The van der Waals surface area contributed by atoms with E-state index in [1.807, 2.05) is 34.7 Å². The summed E-state index contributed by atoms with van der Waals surface area (Å²) in [7, 11) is 3.51. The lowest BCUT2D eigenvalue weighted by Gasteiger charge is -2.34. The van der Waals surface area contributed by atoms with Gasteiger partial charge in [0.25, 0.3) is 5.91 Å². The molecule has 1 rings (SSSR count). The van der Waals surface area contributed by atoms with Crippen molar-refractivity contribution in [2.75, 3.05) is 13.7 Å². The number of hydrogen-bond donors (Lipinski definition) is 1. The third-order valence-electron chi connectivity index (χ3n) is 3.32. The molecule has 0 unspecified atom stereocenters. The van der Waals surface area contributed by atoms with Crippen LogP contribution in [-0.4, -0.2) is 44.9 Å². The Morgan fingerprint density at radius 3 is 2.35 bits per heavy atom. The van der Waals surface area contributed by atoms with Crippen LogP contribution in [0.1, 0.15) is 35.6 Å². The van der Waals surface area contributed by atoms with Crippen LogP contribution in [-0.2, 0) is 7.05 Å². The Balaban J connectivity index is 3.13. The third kappa shape index (κ3) is 2.34. The normalized spacial score (nSPS) is 11.7. The SMILES string of the molecule is Cc1nn(C)c(C)c1C(=O)N(C)C(C)(C)CO. The Bertz CT molecular complexity index is 435. The molecule has 0 atom stereocenters. The smallest absolute Gasteiger partial charge is 0.257 e. The quantitative estimate of drug-likeness (QED) is 0.852. The fourth-order valence-electron chi connectivity index (χ4n) is 1.63. The van der Waals surface area contributed by atoms with Gasteiger partial charge in [-0.2, -0.15) is 5.10 Å². The van der Waals surface area contributed by atoms with Gasteiger partial charge in [-0.15, -0.1) is 0 Å². The number of aryl methyl sites for hydroxylation is 2. The number of hydrogen-bond acceptors (Lipinski definition) is 3. The minimum Gasteiger partial charge on any atom is -0.394 e. The maximum Gasteiger partial charge on any atom is 0.257 e. The van der Waals surface area contributed by atoms with Crippen LogP contribution in [0.2, 0.25) is 0 Å². The van der Waals surface area contributed by atoms with Crippen LogP contribution >= 0.6 is 0 Å². The van der Waals surface area contributed by atoms with E-state index in [4.69, 9.17) is 0 Å². The van der Waals surface area contributed by atoms with Crippen molar-refractivity contribution in [1.82, 2.24) is 14.7 Å². The molecule has 1 aromatic heterocycles. The molecule has 1 amide bonds. The Morgan fingerprint density at radius 2 is 2.00 bits per heavy atom. The van der Waals surface area contributed by atoms with Gasteiger partial charge in [0.2, 0.25) is 0 Å². The number of carbonyl (C=O) groups is 1. The molecule has 1 heterocycles. The van der Waals surface area contributed by atoms with E-state index in [0.29, 0.717) is 5.56 Å². The van der Waals surface area contributed by atoms with E-state index in [1.54, 1.807) is 16.6 Å². The van der Waals surface area contributed by atoms with Crippen molar-refractivity contribution in [2.45, 2.75) is 33.2 Å². The van der Waals surface area contributed by atoms with Gasteiger partial charge in [-0.25, -0.2) is 0 Å². The summed E-state index contributed by atoms with van der Waals surface area (Å²) in [6, 6.07) is 0. The van der Waals surface area contributed by atoms with E-state index in [9.17, 15) is 9.90 Å². The Hall–Kier alpha value is -1.36. The molecule has 0 bridgehead atoms. The second kappa shape index (κ2) is 4.49. The first-order valence-electron chi connectivity index (χ1n) is 5.61. The maximum absolute atomic E-state index is 12.4. The number of nitrogens with zero attached hydrogens (tertiary/aromatic N) is 3. The zero-order chi connectivity index (χ0) is 13.4. The molecule has 17 heavy (non-hydrogen) atoms. The molecule has 0 saturated heterocycles. The van der Waals surface area contributed by atoms with E-state index < -0.39 is 5.54 Å². The standard InChI is InChI=1S/C12H21N3O2/c1-8-10(9(2)15(6)13-8)11(17)14(5)12(3,4)7-16/h16H,7H2,1-6H3. The van der Waals surface area contributed by atoms with Gasteiger partial charge < -0.3 is 10.0 Å². The molecule has 0 radical (unpaired) electrons. The average Bonchev–Trinajstić information content (AvgIpc) is 2.51. The predicted octanol–water partition coefficient (Wildman–Crippen LogP) is 0.880. The summed E-state index contributed by atoms with van der Waals surface area (Å²) in [5.74, 6) is -0.104. The lowest BCUT2D eigenvalue weighted by molar-refractivity contribution is 0.0471. The summed E-state index contributed by atoms with van der Waals surface area (Å²) < 4.78 is 1.70. The molecule has 1 N–H and O–H groups in total. The largest absolute Gasteiger partial charge is 0.394 e. The second-order valence-electron chi connectivity index (χ2n) is 5.00. The molecule has 0 aliphatic carbocycles. The predicted molar refractivity (Wildman–Crippen MR) is 65.9 cm³/mol. The first kappa shape index (κ1) is 13.7. The fourth-order valence-corrected chi connectivity index (χ4v) is 1.63. The topological polar surface area (TPSA) is 58.4 Å². The highest BCUT2D eigenvalue weighted by atomic mass is 16.3. The molecule has 5 heteroatoms. The molecular weight excluding hydrogens is 218 g/mol. The Kier molecular flexibility index (Phi) is 3.62. The van der Waals surface area contributed by atoms with Gasteiger partial charge in [-0.3, -0.25) is 9.48 Å². The number of aliphatic hydroxyl groups excluding tert-OH is 1. The summed E-state index contributed by atoms with van der Waals surface area (Å²) in [5, 5.41) is 13.5. The molecular formula is C12H21N3O2. The van der Waals surface area contributed by atoms with Crippen molar-refractivity contribution in [3.63, 3.8) is 0 Å². The van der Waals surface area contributed by atoms with Gasteiger partial charge in [0.05, 0.1) is 23.4 Å². The van der Waals surface area contributed by atoms with Crippen molar-refractivity contribution in [1.29, 1.82) is 0 Å². The van der Waals surface area contributed by atoms with Crippen molar-refractivity contribution >= 4 is 5.91 Å². The van der Waals surface area contributed by atoms with Crippen molar-refractivity contribution < 1.29 is 9.90 Å². The Morgan fingerprint density at radius 1 is 1.47 bits per heavy atom.